The van der Waals surface area contributed by atoms with Crippen LogP contribution in [0.5, 0.6) is 0 Å². The average molecular weight is 336 g/mol. The number of carbonyl (C=O) groups excluding carboxylic acids is 1. The van der Waals surface area contributed by atoms with Crippen LogP contribution in [0.4, 0.5) is 0 Å². The molecule has 1 aliphatic rings. The van der Waals surface area contributed by atoms with Crippen LogP contribution in [-0.2, 0) is 19.5 Å². The van der Waals surface area contributed by atoms with E-state index in [1.54, 1.807) is 5.38 Å². The SMILES string of the molecule is CC(CNC(=O)c1csc(CN)n1)N1CCc2sccc2C1. The highest BCUT2D eigenvalue weighted by Gasteiger charge is 2.22. The molecule has 0 fully saturated rings. The summed E-state index contributed by atoms with van der Waals surface area (Å²) in [6, 6.07) is 2.52. The maximum Gasteiger partial charge on any atom is 0.270 e. The third-order valence-electron chi connectivity index (χ3n) is 3.98. The van der Waals surface area contributed by atoms with Gasteiger partial charge >= 0.3 is 0 Å². The highest BCUT2D eigenvalue weighted by Crippen LogP contribution is 2.24. The van der Waals surface area contributed by atoms with Crippen LogP contribution in [-0.4, -0.2) is 34.9 Å². The molecule has 22 heavy (non-hydrogen) atoms. The molecular weight excluding hydrogens is 316 g/mol. The molecule has 1 aliphatic heterocycles. The zero-order valence-corrected chi connectivity index (χ0v) is 14.2. The number of thiazole rings is 1. The van der Waals surface area contributed by atoms with E-state index in [0.717, 1.165) is 24.5 Å². The molecule has 0 saturated heterocycles. The first-order valence-electron chi connectivity index (χ1n) is 7.39. The Bertz CT molecular complexity index is 652. The lowest BCUT2D eigenvalue weighted by Gasteiger charge is -2.32. The second kappa shape index (κ2) is 6.87. The van der Waals surface area contributed by atoms with Crippen molar-refractivity contribution in [3.05, 3.63) is 38.0 Å². The fourth-order valence-electron chi connectivity index (χ4n) is 2.62. The van der Waals surface area contributed by atoms with Gasteiger partial charge in [0.2, 0.25) is 0 Å². The highest BCUT2D eigenvalue weighted by molar-refractivity contribution is 7.10. The van der Waals surface area contributed by atoms with Crippen LogP contribution in [0.2, 0.25) is 0 Å². The monoisotopic (exact) mass is 336 g/mol. The summed E-state index contributed by atoms with van der Waals surface area (Å²) in [5.41, 5.74) is 7.42. The number of rotatable bonds is 5. The first-order chi connectivity index (χ1) is 10.7. The van der Waals surface area contributed by atoms with Crippen molar-refractivity contribution in [3.8, 4) is 0 Å². The number of nitrogens with two attached hydrogens (primary N) is 1. The molecule has 0 spiro atoms. The fourth-order valence-corrected chi connectivity index (χ4v) is 4.16. The molecule has 3 rings (SSSR count). The van der Waals surface area contributed by atoms with Crippen molar-refractivity contribution >= 4 is 28.6 Å². The third kappa shape index (κ3) is 3.38. The minimum atomic E-state index is -0.115. The van der Waals surface area contributed by atoms with E-state index in [1.807, 2.05) is 11.3 Å². The van der Waals surface area contributed by atoms with Gasteiger partial charge in [0.05, 0.1) is 0 Å². The van der Waals surface area contributed by atoms with Gasteiger partial charge in [0.25, 0.3) is 5.91 Å². The summed E-state index contributed by atoms with van der Waals surface area (Å²) < 4.78 is 0. The number of hydrogen-bond donors (Lipinski definition) is 2. The van der Waals surface area contributed by atoms with Gasteiger partial charge in [0.15, 0.2) is 0 Å². The van der Waals surface area contributed by atoms with E-state index >= 15 is 0 Å². The van der Waals surface area contributed by atoms with Crippen LogP contribution in [0.25, 0.3) is 0 Å². The van der Waals surface area contributed by atoms with E-state index in [1.165, 1.54) is 21.8 Å². The van der Waals surface area contributed by atoms with Crippen molar-refractivity contribution in [3.63, 3.8) is 0 Å². The van der Waals surface area contributed by atoms with E-state index < -0.39 is 0 Å². The minimum absolute atomic E-state index is 0.115. The van der Waals surface area contributed by atoms with E-state index in [2.05, 4.69) is 33.6 Å². The molecule has 0 aromatic carbocycles. The first kappa shape index (κ1) is 15.6. The van der Waals surface area contributed by atoms with Crippen LogP contribution < -0.4 is 11.1 Å². The number of thiophene rings is 1. The van der Waals surface area contributed by atoms with Crippen molar-refractivity contribution in [2.75, 3.05) is 13.1 Å². The molecule has 1 amide bonds. The second-order valence-electron chi connectivity index (χ2n) is 5.48. The van der Waals surface area contributed by atoms with E-state index in [4.69, 9.17) is 5.73 Å². The van der Waals surface area contributed by atoms with Gasteiger partial charge in [-0.3, -0.25) is 9.69 Å². The predicted octanol–water partition coefficient (Wildman–Crippen LogP) is 1.84. The molecule has 0 bridgehead atoms. The van der Waals surface area contributed by atoms with Crippen LogP contribution in [0.1, 0.15) is 32.9 Å². The molecule has 3 heterocycles. The highest BCUT2D eigenvalue weighted by atomic mass is 32.1. The minimum Gasteiger partial charge on any atom is -0.349 e. The smallest absolute Gasteiger partial charge is 0.270 e. The normalized spacial score (nSPS) is 16.3. The van der Waals surface area contributed by atoms with Gasteiger partial charge in [-0.05, 0) is 30.4 Å². The summed E-state index contributed by atoms with van der Waals surface area (Å²) in [5, 5.41) is 7.70. The molecule has 7 heteroatoms. The predicted molar refractivity (Wildman–Crippen MR) is 90.2 cm³/mol. The van der Waals surface area contributed by atoms with Crippen molar-refractivity contribution in [2.24, 2.45) is 5.73 Å². The summed E-state index contributed by atoms with van der Waals surface area (Å²) in [6.45, 7) is 5.20. The summed E-state index contributed by atoms with van der Waals surface area (Å²) in [6.07, 6.45) is 1.11. The van der Waals surface area contributed by atoms with Crippen LogP contribution in [0.15, 0.2) is 16.8 Å². The largest absolute Gasteiger partial charge is 0.349 e. The molecule has 5 nitrogen and oxygen atoms in total. The number of fused-ring (bicyclic) bond motifs is 1. The number of nitrogens with zero attached hydrogens (tertiary/aromatic N) is 2. The molecule has 118 valence electrons. The first-order valence-corrected chi connectivity index (χ1v) is 9.15. The zero-order valence-electron chi connectivity index (χ0n) is 12.5. The Hall–Kier alpha value is -1.28. The molecule has 1 unspecified atom stereocenters. The number of nitrogens with one attached hydrogen (secondary N) is 1. The lowest BCUT2D eigenvalue weighted by molar-refractivity contribution is 0.0928. The van der Waals surface area contributed by atoms with Gasteiger partial charge in [-0.15, -0.1) is 22.7 Å². The summed E-state index contributed by atoms with van der Waals surface area (Å²) >= 11 is 3.27. The maximum atomic E-state index is 12.1. The van der Waals surface area contributed by atoms with Crippen molar-refractivity contribution in [1.29, 1.82) is 0 Å². The molecule has 2 aromatic heterocycles. The topological polar surface area (TPSA) is 71.2 Å². The Kier molecular flexibility index (Phi) is 4.87. The van der Waals surface area contributed by atoms with Gasteiger partial charge in [0, 0.05) is 42.5 Å². The summed E-state index contributed by atoms with van der Waals surface area (Å²) in [5.74, 6) is -0.115. The van der Waals surface area contributed by atoms with Crippen LogP contribution in [0.3, 0.4) is 0 Å². The third-order valence-corrected chi connectivity index (χ3v) is 5.87. The number of amides is 1. The summed E-state index contributed by atoms with van der Waals surface area (Å²) in [7, 11) is 0. The van der Waals surface area contributed by atoms with E-state index in [-0.39, 0.29) is 5.91 Å². The van der Waals surface area contributed by atoms with Gasteiger partial charge in [0.1, 0.15) is 10.7 Å². The molecule has 1 atom stereocenters. The van der Waals surface area contributed by atoms with Gasteiger partial charge in [-0.1, -0.05) is 0 Å². The Morgan fingerprint density at radius 1 is 1.55 bits per heavy atom. The van der Waals surface area contributed by atoms with Gasteiger partial charge < -0.3 is 11.1 Å². The second-order valence-corrected chi connectivity index (χ2v) is 7.42. The Labute approximate surface area is 138 Å². The van der Waals surface area contributed by atoms with Gasteiger partial charge in [-0.2, -0.15) is 0 Å². The van der Waals surface area contributed by atoms with Gasteiger partial charge in [-0.25, -0.2) is 4.98 Å². The fraction of sp³-hybridized carbons (Fsp3) is 0.467. The van der Waals surface area contributed by atoms with E-state index in [9.17, 15) is 4.79 Å². The number of hydrogen-bond acceptors (Lipinski definition) is 6. The summed E-state index contributed by atoms with van der Waals surface area (Å²) in [4.78, 5) is 20.2. The Morgan fingerprint density at radius 2 is 2.41 bits per heavy atom. The van der Waals surface area contributed by atoms with Crippen molar-refractivity contribution in [2.45, 2.75) is 32.5 Å². The van der Waals surface area contributed by atoms with Crippen LogP contribution >= 0.6 is 22.7 Å². The standard InChI is InChI=1S/C15H20N4OS2/c1-10(19-4-2-13-11(8-19)3-5-21-13)7-17-15(20)12-9-22-14(6-16)18-12/h3,5,9-10H,2,4,6-8,16H2,1H3,(H,17,20). The number of carbonyl (C=O) groups is 1. The molecular formula is C15H20N4OS2. The van der Waals surface area contributed by atoms with Crippen molar-refractivity contribution < 1.29 is 4.79 Å². The Balaban J connectivity index is 1.52. The molecule has 2 aromatic rings. The number of aromatic nitrogens is 1. The van der Waals surface area contributed by atoms with Crippen LogP contribution in [0, 0.1) is 0 Å². The molecule has 0 saturated carbocycles. The van der Waals surface area contributed by atoms with Crippen molar-refractivity contribution in [1.82, 2.24) is 15.2 Å². The molecule has 3 N–H and O–H groups in total. The Morgan fingerprint density at radius 3 is 3.18 bits per heavy atom. The lowest BCUT2D eigenvalue weighted by atomic mass is 10.1. The lowest BCUT2D eigenvalue weighted by Crippen LogP contribution is -2.44. The average Bonchev–Trinajstić information content (AvgIpc) is 3.19. The zero-order chi connectivity index (χ0) is 15.5. The molecule has 0 radical (unpaired) electrons. The maximum absolute atomic E-state index is 12.1. The molecule has 0 aliphatic carbocycles. The van der Waals surface area contributed by atoms with E-state index in [0.29, 0.717) is 24.8 Å². The quantitative estimate of drug-likeness (QED) is 0.874.